The number of hydrogen-bond donors (Lipinski definition) is 1. The highest BCUT2D eigenvalue weighted by atomic mass is 79.9. The standard InChI is InChI=1S/C23H21BrN2/c24-19-12-11-16-14-6-1-2-7-15(14)17-9-5-13-25-23(17)26-20-10-4-3-8-18(20)21(19)22(16)26/h1-4,6-8,10-12,15,17,22-23,25H,5,9,13H2. The molecule has 1 fully saturated rings. The molecule has 0 saturated carbocycles. The lowest BCUT2D eigenvalue weighted by Crippen LogP contribution is -2.56. The molecule has 0 aromatic heterocycles. The van der Waals surface area contributed by atoms with Gasteiger partial charge >= 0.3 is 0 Å². The Morgan fingerprint density at radius 3 is 2.92 bits per heavy atom. The summed E-state index contributed by atoms with van der Waals surface area (Å²) >= 11 is 3.87. The first kappa shape index (κ1) is 15.2. The quantitative estimate of drug-likeness (QED) is 0.659. The zero-order valence-corrected chi connectivity index (χ0v) is 16.1. The van der Waals surface area contributed by atoms with Crippen molar-refractivity contribution in [2.75, 3.05) is 11.4 Å². The second kappa shape index (κ2) is 5.58. The molecule has 5 aliphatic rings. The first-order valence-electron chi connectivity index (χ1n) is 9.62. The van der Waals surface area contributed by atoms with Crippen molar-refractivity contribution < 1.29 is 0 Å². The molecule has 3 heterocycles. The minimum Gasteiger partial charge on any atom is -0.344 e. The van der Waals surface area contributed by atoms with Crippen molar-refractivity contribution in [3.8, 4) is 0 Å². The summed E-state index contributed by atoms with van der Waals surface area (Å²) in [5, 5.41) is 3.89. The van der Waals surface area contributed by atoms with Crippen LogP contribution < -0.4 is 10.2 Å². The fraction of sp³-hybridized carbons (Fsp3) is 0.304. The van der Waals surface area contributed by atoms with Crippen molar-refractivity contribution in [3.63, 3.8) is 0 Å². The van der Waals surface area contributed by atoms with Gasteiger partial charge in [-0.2, -0.15) is 0 Å². The number of nitrogens with one attached hydrogen (secondary N) is 1. The van der Waals surface area contributed by atoms with Crippen LogP contribution in [0.3, 0.4) is 0 Å². The van der Waals surface area contributed by atoms with Crippen molar-refractivity contribution in [2.24, 2.45) is 11.8 Å². The van der Waals surface area contributed by atoms with Crippen LogP contribution in [0.4, 0.5) is 5.69 Å². The second-order valence-electron chi connectivity index (χ2n) is 7.81. The molecule has 1 aromatic rings. The highest BCUT2D eigenvalue weighted by Gasteiger charge is 2.49. The Kier molecular flexibility index (Phi) is 3.27. The van der Waals surface area contributed by atoms with Crippen molar-refractivity contribution in [3.05, 3.63) is 81.9 Å². The summed E-state index contributed by atoms with van der Waals surface area (Å²) in [5.74, 6) is 1.12. The summed E-state index contributed by atoms with van der Waals surface area (Å²) in [7, 11) is 0. The Morgan fingerprint density at radius 1 is 1.04 bits per heavy atom. The molecule has 1 aromatic carbocycles. The fourth-order valence-corrected chi connectivity index (χ4v) is 6.19. The number of rotatable bonds is 0. The monoisotopic (exact) mass is 404 g/mol. The van der Waals surface area contributed by atoms with Crippen molar-refractivity contribution >= 4 is 27.2 Å². The Labute approximate surface area is 162 Å². The van der Waals surface area contributed by atoms with Gasteiger partial charge in [-0.1, -0.05) is 64.5 Å². The Bertz CT molecular complexity index is 949. The molecule has 130 valence electrons. The molecule has 2 nitrogen and oxygen atoms in total. The first-order chi connectivity index (χ1) is 12.8. The zero-order valence-electron chi connectivity index (χ0n) is 14.5. The normalized spacial score (nSPS) is 33.7. The number of nitrogens with zero attached hydrogens (tertiary/aromatic N) is 1. The molecule has 4 atom stereocenters. The first-order valence-corrected chi connectivity index (χ1v) is 10.4. The summed E-state index contributed by atoms with van der Waals surface area (Å²) in [6.07, 6.45) is 16.8. The second-order valence-corrected chi connectivity index (χ2v) is 8.66. The number of piperidine rings is 1. The maximum Gasteiger partial charge on any atom is 0.0843 e. The number of benzene rings is 1. The molecule has 1 saturated heterocycles. The predicted molar refractivity (Wildman–Crippen MR) is 111 cm³/mol. The zero-order chi connectivity index (χ0) is 17.3. The number of para-hydroxylation sites is 1. The van der Waals surface area contributed by atoms with Crippen LogP contribution in [0.2, 0.25) is 0 Å². The van der Waals surface area contributed by atoms with Gasteiger partial charge in [0.05, 0.1) is 12.2 Å². The summed E-state index contributed by atoms with van der Waals surface area (Å²) in [6.45, 7) is 1.11. The van der Waals surface area contributed by atoms with Crippen LogP contribution in [0.1, 0.15) is 18.4 Å². The van der Waals surface area contributed by atoms with Crippen molar-refractivity contribution in [1.82, 2.24) is 5.32 Å². The average molecular weight is 405 g/mol. The van der Waals surface area contributed by atoms with Gasteiger partial charge in [0.25, 0.3) is 0 Å². The van der Waals surface area contributed by atoms with Gasteiger partial charge in [0, 0.05) is 33.1 Å². The summed E-state index contributed by atoms with van der Waals surface area (Å²) in [6, 6.07) is 9.24. The Morgan fingerprint density at radius 2 is 1.96 bits per heavy atom. The van der Waals surface area contributed by atoms with E-state index < -0.39 is 0 Å². The number of halogens is 1. The number of hydrogen-bond acceptors (Lipinski definition) is 2. The largest absolute Gasteiger partial charge is 0.344 e. The van der Waals surface area contributed by atoms with Gasteiger partial charge in [-0.15, -0.1) is 0 Å². The lowest BCUT2D eigenvalue weighted by Gasteiger charge is -2.43. The minimum absolute atomic E-state index is 0.307. The van der Waals surface area contributed by atoms with Crippen LogP contribution in [0.15, 0.2) is 76.4 Å². The number of allylic oxidation sites excluding steroid dienone is 7. The van der Waals surface area contributed by atoms with Crippen LogP contribution in [-0.4, -0.2) is 18.8 Å². The summed E-state index contributed by atoms with van der Waals surface area (Å²) < 4.78 is 1.22. The van der Waals surface area contributed by atoms with Gasteiger partial charge in [-0.3, -0.25) is 5.32 Å². The topological polar surface area (TPSA) is 15.3 Å². The predicted octanol–water partition coefficient (Wildman–Crippen LogP) is 4.93. The summed E-state index contributed by atoms with van der Waals surface area (Å²) in [5.41, 5.74) is 7.18. The van der Waals surface area contributed by atoms with Crippen LogP contribution in [-0.2, 0) is 0 Å². The van der Waals surface area contributed by atoms with Gasteiger partial charge in [0.2, 0.25) is 0 Å². The third-order valence-electron chi connectivity index (χ3n) is 6.62. The van der Waals surface area contributed by atoms with Crippen LogP contribution in [0.5, 0.6) is 0 Å². The molecule has 4 unspecified atom stereocenters. The molecule has 6 rings (SSSR count). The van der Waals surface area contributed by atoms with Crippen molar-refractivity contribution in [1.29, 1.82) is 0 Å². The molecule has 1 N–H and O–H groups in total. The van der Waals surface area contributed by atoms with E-state index in [1.54, 1.807) is 0 Å². The van der Waals surface area contributed by atoms with Crippen LogP contribution in [0, 0.1) is 11.8 Å². The SMILES string of the molecule is BrC1=C2c3ccccc3N3C2C(=C2C=CC=CC2C2CCCNC23)C=C1. The van der Waals surface area contributed by atoms with E-state index in [9.17, 15) is 0 Å². The van der Waals surface area contributed by atoms with Crippen molar-refractivity contribution in [2.45, 2.75) is 25.0 Å². The minimum atomic E-state index is 0.307. The molecule has 0 spiro atoms. The highest BCUT2D eigenvalue weighted by molar-refractivity contribution is 9.12. The van der Waals surface area contributed by atoms with Gasteiger partial charge in [-0.05, 0) is 42.7 Å². The highest BCUT2D eigenvalue weighted by Crippen LogP contribution is 2.54. The van der Waals surface area contributed by atoms with E-state index in [4.69, 9.17) is 0 Å². The lowest BCUT2D eigenvalue weighted by atomic mass is 9.76. The van der Waals surface area contributed by atoms with Gasteiger partial charge in [0.1, 0.15) is 0 Å². The lowest BCUT2D eigenvalue weighted by molar-refractivity contribution is 0.242. The molecule has 0 radical (unpaired) electrons. The van der Waals surface area contributed by atoms with E-state index in [0.717, 1.165) is 6.54 Å². The summed E-state index contributed by atoms with van der Waals surface area (Å²) in [4.78, 5) is 2.68. The fourth-order valence-electron chi connectivity index (χ4n) is 5.62. The van der Waals surface area contributed by atoms with Gasteiger partial charge in [0.15, 0.2) is 0 Å². The number of anilines is 1. The maximum atomic E-state index is 3.89. The Balaban J connectivity index is 1.67. The third kappa shape index (κ3) is 1.91. The van der Waals surface area contributed by atoms with E-state index in [1.807, 2.05) is 0 Å². The molecule has 3 aliphatic heterocycles. The molecule has 3 heteroatoms. The third-order valence-corrected chi connectivity index (χ3v) is 7.31. The molecular weight excluding hydrogens is 384 g/mol. The molecule has 26 heavy (non-hydrogen) atoms. The maximum absolute atomic E-state index is 3.89. The van der Waals surface area contributed by atoms with E-state index >= 15 is 0 Å². The van der Waals surface area contributed by atoms with Crippen LogP contribution >= 0.6 is 15.9 Å². The van der Waals surface area contributed by atoms with E-state index in [0.29, 0.717) is 24.0 Å². The molecule has 0 bridgehead atoms. The van der Waals surface area contributed by atoms with Gasteiger partial charge < -0.3 is 4.90 Å². The van der Waals surface area contributed by atoms with E-state index in [-0.39, 0.29) is 0 Å². The smallest absolute Gasteiger partial charge is 0.0843 e. The van der Waals surface area contributed by atoms with E-state index in [1.165, 1.54) is 45.3 Å². The number of fused-ring (bicyclic) bond motifs is 7. The van der Waals surface area contributed by atoms with Gasteiger partial charge in [-0.25, -0.2) is 0 Å². The average Bonchev–Trinajstić information content (AvgIpc) is 2.98. The molecular formula is C23H21BrN2. The van der Waals surface area contributed by atoms with Crippen LogP contribution in [0.25, 0.3) is 5.57 Å². The molecule has 2 aliphatic carbocycles. The molecule has 0 amide bonds. The van der Waals surface area contributed by atoms with E-state index in [2.05, 4.69) is 86.9 Å². The Hall–Kier alpha value is -1.84.